The van der Waals surface area contributed by atoms with Gasteiger partial charge in [0.25, 0.3) is 5.91 Å². The van der Waals surface area contributed by atoms with E-state index in [4.69, 9.17) is 4.74 Å². The Hall–Kier alpha value is -3.48. The van der Waals surface area contributed by atoms with Crippen molar-refractivity contribution in [2.45, 2.75) is 32.8 Å². The molecule has 1 aliphatic heterocycles. The van der Waals surface area contributed by atoms with Gasteiger partial charge in [-0.1, -0.05) is 30.3 Å². The monoisotopic (exact) mass is 422 g/mol. The predicted molar refractivity (Wildman–Crippen MR) is 115 cm³/mol. The first-order valence-electron chi connectivity index (χ1n) is 10.3. The van der Waals surface area contributed by atoms with Crippen molar-refractivity contribution < 1.29 is 23.9 Å². The van der Waals surface area contributed by atoms with Gasteiger partial charge in [-0.05, 0) is 50.1 Å². The maximum Gasteiger partial charge on any atom is 0.312 e. The van der Waals surface area contributed by atoms with Crippen molar-refractivity contribution in [1.29, 1.82) is 0 Å². The van der Waals surface area contributed by atoms with Crippen LogP contribution in [0.2, 0.25) is 0 Å². The molecule has 1 aliphatic rings. The van der Waals surface area contributed by atoms with Crippen LogP contribution in [0.25, 0.3) is 0 Å². The van der Waals surface area contributed by atoms with E-state index < -0.39 is 23.9 Å². The molecule has 2 amide bonds. The molecule has 2 aromatic rings. The minimum Gasteiger partial charge on any atom is -0.452 e. The Morgan fingerprint density at radius 1 is 1.10 bits per heavy atom. The molecule has 0 saturated carbocycles. The molecule has 0 bridgehead atoms. The van der Waals surface area contributed by atoms with E-state index in [1.54, 1.807) is 29.2 Å². The van der Waals surface area contributed by atoms with Gasteiger partial charge in [0.05, 0.1) is 5.92 Å². The summed E-state index contributed by atoms with van der Waals surface area (Å²) in [6.45, 7) is 3.79. The molecule has 0 radical (unpaired) electrons. The second-order valence-electron chi connectivity index (χ2n) is 7.68. The zero-order valence-corrected chi connectivity index (χ0v) is 17.7. The Morgan fingerprint density at radius 3 is 2.42 bits per heavy atom. The van der Waals surface area contributed by atoms with Gasteiger partial charge in [-0.15, -0.1) is 0 Å². The molecule has 7 heteroatoms. The standard InChI is InChI=1S/C24H26N2O5/c1-16(27)19-8-10-21(11-9-19)25-23(29)17(2)31-24(30)20-14-22(28)26(15-20)13-12-18-6-4-3-5-7-18/h3-11,17,20H,12-15H2,1-2H3,(H,25,29)/t17-,20-/m1/s1. The summed E-state index contributed by atoms with van der Waals surface area (Å²) in [4.78, 5) is 50.1. The van der Waals surface area contributed by atoms with Gasteiger partial charge in [-0.25, -0.2) is 0 Å². The number of nitrogens with zero attached hydrogens (tertiary/aromatic N) is 1. The van der Waals surface area contributed by atoms with Crippen molar-refractivity contribution in [2.24, 2.45) is 5.92 Å². The van der Waals surface area contributed by atoms with Crippen molar-refractivity contribution >= 4 is 29.3 Å². The lowest BCUT2D eigenvalue weighted by atomic mass is 10.1. The summed E-state index contributed by atoms with van der Waals surface area (Å²) in [7, 11) is 0. The van der Waals surface area contributed by atoms with Crippen molar-refractivity contribution in [3.05, 3.63) is 65.7 Å². The van der Waals surface area contributed by atoms with Crippen LogP contribution in [-0.2, 0) is 25.5 Å². The smallest absolute Gasteiger partial charge is 0.312 e. The number of ether oxygens (including phenoxy) is 1. The van der Waals surface area contributed by atoms with Gasteiger partial charge in [0, 0.05) is 30.8 Å². The minimum atomic E-state index is -1.01. The molecule has 31 heavy (non-hydrogen) atoms. The van der Waals surface area contributed by atoms with Crippen molar-refractivity contribution in [3.63, 3.8) is 0 Å². The fourth-order valence-corrected chi connectivity index (χ4v) is 3.41. The maximum atomic E-state index is 12.5. The lowest BCUT2D eigenvalue weighted by molar-refractivity contribution is -0.157. The first-order chi connectivity index (χ1) is 14.8. The van der Waals surface area contributed by atoms with Crippen LogP contribution in [0.4, 0.5) is 5.69 Å². The SMILES string of the molecule is CC(=O)c1ccc(NC(=O)[C@@H](C)OC(=O)[C@@H]2CC(=O)N(CCc3ccccc3)C2)cc1. The van der Waals surface area contributed by atoms with Gasteiger partial charge in [-0.2, -0.15) is 0 Å². The topological polar surface area (TPSA) is 92.8 Å². The first kappa shape index (κ1) is 22.2. The van der Waals surface area contributed by atoms with E-state index in [2.05, 4.69) is 5.32 Å². The zero-order chi connectivity index (χ0) is 22.4. The highest BCUT2D eigenvalue weighted by Gasteiger charge is 2.36. The molecule has 2 aromatic carbocycles. The van der Waals surface area contributed by atoms with Gasteiger partial charge < -0.3 is 15.0 Å². The Bertz CT molecular complexity index is 956. The van der Waals surface area contributed by atoms with Crippen LogP contribution in [0.5, 0.6) is 0 Å². The quantitative estimate of drug-likeness (QED) is 0.522. The highest BCUT2D eigenvalue weighted by molar-refractivity contribution is 5.97. The number of Topliss-reactive ketones (excluding diaryl/α,β-unsaturated/α-hetero) is 1. The van der Waals surface area contributed by atoms with E-state index in [0.29, 0.717) is 24.3 Å². The highest BCUT2D eigenvalue weighted by Crippen LogP contribution is 2.21. The van der Waals surface area contributed by atoms with Crippen LogP contribution in [0.1, 0.15) is 36.2 Å². The van der Waals surface area contributed by atoms with Crippen LogP contribution < -0.4 is 5.32 Å². The third-order valence-corrected chi connectivity index (χ3v) is 5.28. The number of carbonyl (C=O) groups excluding carboxylic acids is 4. The van der Waals surface area contributed by atoms with Crippen molar-refractivity contribution in [2.75, 3.05) is 18.4 Å². The van der Waals surface area contributed by atoms with Crippen LogP contribution in [0.15, 0.2) is 54.6 Å². The predicted octanol–water partition coefficient (Wildman–Crippen LogP) is 2.85. The molecule has 1 fully saturated rings. The average molecular weight is 422 g/mol. The number of esters is 1. The molecule has 1 saturated heterocycles. The molecule has 1 heterocycles. The van der Waals surface area contributed by atoms with Crippen LogP contribution in [-0.4, -0.2) is 47.7 Å². The summed E-state index contributed by atoms with van der Waals surface area (Å²) in [5.41, 5.74) is 2.17. The summed E-state index contributed by atoms with van der Waals surface area (Å²) in [6.07, 6.45) is -0.196. The molecule has 162 valence electrons. The number of anilines is 1. The third kappa shape index (κ3) is 6.01. The van der Waals surface area contributed by atoms with E-state index in [9.17, 15) is 19.2 Å². The van der Waals surface area contributed by atoms with Crippen molar-refractivity contribution in [3.8, 4) is 0 Å². The van der Waals surface area contributed by atoms with E-state index in [1.165, 1.54) is 13.8 Å². The lowest BCUT2D eigenvalue weighted by Crippen LogP contribution is -2.33. The Kier molecular flexibility index (Phi) is 7.18. The zero-order valence-electron chi connectivity index (χ0n) is 17.7. The van der Waals surface area contributed by atoms with Gasteiger partial charge in [0.1, 0.15) is 0 Å². The minimum absolute atomic E-state index is 0.0657. The molecular formula is C24H26N2O5. The number of nitrogens with one attached hydrogen (secondary N) is 1. The normalized spacial score (nSPS) is 16.6. The summed E-state index contributed by atoms with van der Waals surface area (Å²) in [5, 5.41) is 2.65. The number of carbonyl (C=O) groups is 4. The van der Waals surface area contributed by atoms with Gasteiger partial charge in [-0.3, -0.25) is 19.2 Å². The number of amides is 2. The average Bonchev–Trinajstić information content (AvgIpc) is 3.14. The number of hydrogen-bond acceptors (Lipinski definition) is 5. The summed E-state index contributed by atoms with van der Waals surface area (Å²) in [6, 6.07) is 16.3. The fourth-order valence-electron chi connectivity index (χ4n) is 3.41. The molecule has 0 spiro atoms. The van der Waals surface area contributed by atoms with Gasteiger partial charge in [0.15, 0.2) is 11.9 Å². The summed E-state index contributed by atoms with van der Waals surface area (Å²) < 4.78 is 5.31. The Labute approximate surface area is 181 Å². The number of hydrogen-bond donors (Lipinski definition) is 1. The van der Waals surface area contributed by atoms with Crippen LogP contribution in [0, 0.1) is 5.92 Å². The molecular weight excluding hydrogens is 396 g/mol. The fraction of sp³-hybridized carbons (Fsp3) is 0.333. The lowest BCUT2D eigenvalue weighted by Gasteiger charge is -2.18. The number of ketones is 1. The molecule has 3 rings (SSSR count). The summed E-state index contributed by atoms with van der Waals surface area (Å²) >= 11 is 0. The number of rotatable bonds is 8. The largest absolute Gasteiger partial charge is 0.452 e. The first-order valence-corrected chi connectivity index (χ1v) is 10.3. The van der Waals surface area contributed by atoms with E-state index in [-0.39, 0.29) is 18.1 Å². The van der Waals surface area contributed by atoms with E-state index >= 15 is 0 Å². The van der Waals surface area contributed by atoms with E-state index in [1.807, 2.05) is 30.3 Å². The van der Waals surface area contributed by atoms with Crippen LogP contribution >= 0.6 is 0 Å². The second kappa shape index (κ2) is 10.0. The molecule has 1 N–H and O–H groups in total. The Balaban J connectivity index is 1.48. The molecule has 7 nitrogen and oxygen atoms in total. The molecule has 0 unspecified atom stereocenters. The summed E-state index contributed by atoms with van der Waals surface area (Å²) in [5.74, 6) is -1.75. The third-order valence-electron chi connectivity index (χ3n) is 5.28. The van der Waals surface area contributed by atoms with E-state index in [0.717, 1.165) is 12.0 Å². The van der Waals surface area contributed by atoms with Gasteiger partial charge in [0.2, 0.25) is 5.91 Å². The molecule has 0 aliphatic carbocycles. The highest BCUT2D eigenvalue weighted by atomic mass is 16.5. The Morgan fingerprint density at radius 2 is 1.77 bits per heavy atom. The second-order valence-corrected chi connectivity index (χ2v) is 7.68. The maximum absolute atomic E-state index is 12.5. The molecule has 0 aromatic heterocycles. The van der Waals surface area contributed by atoms with Crippen LogP contribution in [0.3, 0.4) is 0 Å². The van der Waals surface area contributed by atoms with Crippen molar-refractivity contribution in [1.82, 2.24) is 4.90 Å². The number of benzene rings is 2. The van der Waals surface area contributed by atoms with Gasteiger partial charge >= 0.3 is 5.97 Å². The molecule has 2 atom stereocenters. The number of likely N-dealkylation sites (tertiary alicyclic amines) is 1.